The van der Waals surface area contributed by atoms with Crippen molar-refractivity contribution >= 4 is 11.9 Å². The Hall–Kier alpha value is -1.52. The van der Waals surface area contributed by atoms with Gasteiger partial charge in [-0.2, -0.15) is 0 Å². The molecule has 0 fully saturated rings. The standard InChI is InChI=1S/C9H15N3O2/c1-10(2)9-11(3)6-7(12(9)4)5-8(13)14/h6H,5H2,1-4H3. The molecule has 0 aromatic carbocycles. The van der Waals surface area contributed by atoms with E-state index in [1.165, 1.54) is 0 Å². The molecule has 0 bridgehead atoms. The van der Waals surface area contributed by atoms with Gasteiger partial charge in [-0.3, -0.25) is 4.90 Å². The number of carboxylic acid groups (broad SMARTS) is 1. The predicted molar refractivity (Wildman–Crippen MR) is 49.6 cm³/mol. The second-order valence-electron chi connectivity index (χ2n) is 3.53. The zero-order chi connectivity index (χ0) is 10.9. The summed E-state index contributed by atoms with van der Waals surface area (Å²) >= 11 is 0. The number of carbonyl (C=O) groups excluding carboxylic acids is 1. The van der Waals surface area contributed by atoms with Crippen molar-refractivity contribution in [2.45, 2.75) is 6.42 Å². The van der Waals surface area contributed by atoms with Crippen LogP contribution in [-0.2, 0) is 25.3 Å². The monoisotopic (exact) mass is 197 g/mol. The summed E-state index contributed by atoms with van der Waals surface area (Å²) in [5.74, 6) is -0.113. The fraction of sp³-hybridized carbons (Fsp3) is 0.556. The Bertz CT molecular complexity index is 355. The van der Waals surface area contributed by atoms with E-state index >= 15 is 0 Å². The number of anilines is 1. The van der Waals surface area contributed by atoms with Crippen LogP contribution in [0.2, 0.25) is 0 Å². The Labute approximate surface area is 83.2 Å². The molecule has 0 atom stereocenters. The quantitative estimate of drug-likeness (QED) is 0.538. The zero-order valence-corrected chi connectivity index (χ0v) is 8.94. The first kappa shape index (κ1) is 10.6. The van der Waals surface area contributed by atoms with Crippen LogP contribution in [0.1, 0.15) is 5.69 Å². The summed E-state index contributed by atoms with van der Waals surface area (Å²) in [7, 11) is 7.55. The van der Waals surface area contributed by atoms with E-state index in [2.05, 4.69) is 0 Å². The highest BCUT2D eigenvalue weighted by Gasteiger charge is 2.18. The number of carbonyl (C=O) groups is 1. The molecular weight excluding hydrogens is 182 g/mol. The van der Waals surface area contributed by atoms with Gasteiger partial charge in [0.2, 0.25) is 0 Å². The number of nitrogens with zero attached hydrogens (tertiary/aromatic N) is 3. The highest BCUT2D eigenvalue weighted by Crippen LogP contribution is 2.08. The summed E-state index contributed by atoms with van der Waals surface area (Å²) in [4.78, 5) is 12.4. The second kappa shape index (κ2) is 3.69. The van der Waals surface area contributed by atoms with Gasteiger partial charge in [-0.25, -0.2) is 9.13 Å². The fourth-order valence-corrected chi connectivity index (χ4v) is 1.66. The van der Waals surface area contributed by atoms with Crippen LogP contribution in [0.3, 0.4) is 0 Å². The first-order valence-corrected chi connectivity index (χ1v) is 4.35. The third-order valence-electron chi connectivity index (χ3n) is 2.11. The molecule has 0 unspecified atom stereocenters. The number of aromatic nitrogens is 2. The highest BCUT2D eigenvalue weighted by molar-refractivity contribution is 5.67. The Morgan fingerprint density at radius 3 is 2.57 bits per heavy atom. The van der Waals surface area contributed by atoms with Crippen LogP contribution in [-0.4, -0.2) is 24.6 Å². The van der Waals surface area contributed by atoms with Crippen molar-refractivity contribution in [2.75, 3.05) is 19.0 Å². The predicted octanol–water partition coefficient (Wildman–Crippen LogP) is -1.79. The van der Waals surface area contributed by atoms with Crippen molar-refractivity contribution in [2.24, 2.45) is 14.1 Å². The lowest BCUT2D eigenvalue weighted by atomic mass is 10.3. The third-order valence-corrected chi connectivity index (χ3v) is 2.11. The van der Waals surface area contributed by atoms with Gasteiger partial charge >= 0.3 is 5.95 Å². The molecule has 78 valence electrons. The maximum atomic E-state index is 10.5. The molecule has 0 aliphatic carbocycles. The first-order valence-electron chi connectivity index (χ1n) is 4.35. The zero-order valence-electron chi connectivity index (χ0n) is 8.94. The van der Waals surface area contributed by atoms with Gasteiger partial charge in [0.15, 0.2) is 0 Å². The number of imidazole rings is 1. The highest BCUT2D eigenvalue weighted by atomic mass is 16.4. The van der Waals surface area contributed by atoms with Crippen molar-refractivity contribution in [3.8, 4) is 0 Å². The molecule has 0 amide bonds. The molecule has 1 heterocycles. The number of hydrogen-bond donors (Lipinski definition) is 0. The van der Waals surface area contributed by atoms with Gasteiger partial charge in [-0.15, -0.1) is 0 Å². The van der Waals surface area contributed by atoms with E-state index < -0.39 is 5.97 Å². The van der Waals surface area contributed by atoms with Crippen molar-refractivity contribution in [1.82, 2.24) is 4.57 Å². The number of aryl methyl sites for hydroxylation is 1. The third kappa shape index (κ3) is 1.86. The van der Waals surface area contributed by atoms with Crippen molar-refractivity contribution in [1.29, 1.82) is 0 Å². The largest absolute Gasteiger partial charge is 0.550 e. The molecule has 5 heteroatoms. The number of carboxylic acids is 1. The van der Waals surface area contributed by atoms with Crippen molar-refractivity contribution in [3.05, 3.63) is 11.9 Å². The SMILES string of the molecule is CN(C)c1n(C)c(CC(=O)[O-])c[n+]1C. The van der Waals surface area contributed by atoms with Gasteiger partial charge in [0.1, 0.15) is 11.9 Å². The molecule has 0 N–H and O–H groups in total. The lowest BCUT2D eigenvalue weighted by molar-refractivity contribution is -0.658. The Balaban J connectivity index is 3.10. The summed E-state index contributed by atoms with van der Waals surface area (Å²) in [6.45, 7) is 0. The molecule has 1 aromatic heterocycles. The van der Waals surface area contributed by atoms with Gasteiger partial charge in [-0.05, 0) is 0 Å². The van der Waals surface area contributed by atoms with E-state index in [0.29, 0.717) is 0 Å². The summed E-state index contributed by atoms with van der Waals surface area (Å²) in [6.07, 6.45) is 1.74. The number of hydrogen-bond acceptors (Lipinski definition) is 3. The topological polar surface area (TPSA) is 52.2 Å². The molecule has 1 aromatic rings. The van der Waals surface area contributed by atoms with Crippen LogP contribution in [0.15, 0.2) is 6.20 Å². The average molecular weight is 197 g/mol. The van der Waals surface area contributed by atoms with E-state index in [-0.39, 0.29) is 6.42 Å². The van der Waals surface area contributed by atoms with Crippen molar-refractivity contribution in [3.63, 3.8) is 0 Å². The lowest BCUT2D eigenvalue weighted by Crippen LogP contribution is -2.34. The molecule has 1 rings (SSSR count). The van der Waals surface area contributed by atoms with Gasteiger partial charge in [0.25, 0.3) is 0 Å². The first-order chi connectivity index (χ1) is 6.43. The number of rotatable bonds is 3. The molecule has 0 radical (unpaired) electrons. The summed E-state index contributed by atoms with van der Waals surface area (Å²) in [5.41, 5.74) is 0.733. The maximum absolute atomic E-state index is 10.5. The van der Waals surface area contributed by atoms with E-state index in [9.17, 15) is 9.90 Å². The minimum atomic E-state index is -1.06. The van der Waals surface area contributed by atoms with Gasteiger partial charge in [0.05, 0.1) is 28.2 Å². The maximum Gasteiger partial charge on any atom is 0.359 e. The van der Waals surface area contributed by atoms with E-state index in [1.807, 2.05) is 42.2 Å². The Morgan fingerprint density at radius 1 is 1.64 bits per heavy atom. The van der Waals surface area contributed by atoms with E-state index in [4.69, 9.17) is 0 Å². The van der Waals surface area contributed by atoms with Gasteiger partial charge in [0, 0.05) is 12.4 Å². The molecule has 0 spiro atoms. The average Bonchev–Trinajstić information content (AvgIpc) is 2.25. The summed E-state index contributed by atoms with van der Waals surface area (Å²) in [6, 6.07) is 0. The van der Waals surface area contributed by atoms with E-state index in [0.717, 1.165) is 11.6 Å². The van der Waals surface area contributed by atoms with Gasteiger partial charge < -0.3 is 9.90 Å². The smallest absolute Gasteiger partial charge is 0.359 e. The van der Waals surface area contributed by atoms with Crippen LogP contribution in [0.5, 0.6) is 0 Å². The minimum Gasteiger partial charge on any atom is -0.550 e. The molecular formula is C9H15N3O2. The minimum absolute atomic E-state index is 0.0574. The van der Waals surface area contributed by atoms with Crippen LogP contribution < -0.4 is 14.6 Å². The van der Waals surface area contributed by atoms with Crippen LogP contribution in [0.25, 0.3) is 0 Å². The molecule has 0 aliphatic heterocycles. The normalized spacial score (nSPS) is 10.3. The molecule has 0 aliphatic rings. The van der Waals surface area contributed by atoms with Crippen molar-refractivity contribution < 1.29 is 14.5 Å². The molecule has 0 saturated carbocycles. The Morgan fingerprint density at radius 2 is 2.21 bits per heavy atom. The summed E-state index contributed by atoms with van der Waals surface area (Å²) < 4.78 is 3.73. The lowest BCUT2D eigenvalue weighted by Gasteiger charge is -2.07. The summed E-state index contributed by atoms with van der Waals surface area (Å²) in [5, 5.41) is 10.5. The van der Waals surface area contributed by atoms with Crippen LogP contribution >= 0.6 is 0 Å². The fourth-order valence-electron chi connectivity index (χ4n) is 1.66. The second-order valence-corrected chi connectivity index (χ2v) is 3.53. The van der Waals surface area contributed by atoms with Crippen LogP contribution in [0, 0.1) is 0 Å². The van der Waals surface area contributed by atoms with E-state index in [1.54, 1.807) is 6.20 Å². The van der Waals surface area contributed by atoms with Crippen LogP contribution in [0.4, 0.5) is 5.95 Å². The Kier molecular flexibility index (Phi) is 2.78. The van der Waals surface area contributed by atoms with Gasteiger partial charge in [-0.1, -0.05) is 0 Å². The molecule has 5 nitrogen and oxygen atoms in total. The molecule has 0 saturated heterocycles. The number of aliphatic carboxylic acids is 1. The molecule has 14 heavy (non-hydrogen) atoms.